The number of carbonyl (C=O) groups excluding carboxylic acids is 1. The lowest BCUT2D eigenvalue weighted by Crippen LogP contribution is -2.17. The van der Waals surface area contributed by atoms with Crippen LogP contribution in [0.2, 0.25) is 0 Å². The lowest BCUT2D eigenvalue weighted by atomic mass is 10.2. The molecule has 9 heteroatoms. The van der Waals surface area contributed by atoms with E-state index in [9.17, 15) is 13.2 Å². The Morgan fingerprint density at radius 3 is 2.86 bits per heavy atom. The summed E-state index contributed by atoms with van der Waals surface area (Å²) in [7, 11) is -3.65. The molecule has 0 aliphatic carbocycles. The van der Waals surface area contributed by atoms with Crippen molar-refractivity contribution in [1.82, 2.24) is 15.2 Å². The molecule has 2 aromatic heterocycles. The molecule has 0 radical (unpaired) electrons. The van der Waals surface area contributed by atoms with E-state index < -0.39 is 28.3 Å². The predicted molar refractivity (Wildman–Crippen MR) is 75.9 cm³/mol. The van der Waals surface area contributed by atoms with Gasteiger partial charge >= 0.3 is 0 Å². The number of aromatic nitrogens is 3. The van der Waals surface area contributed by atoms with Gasteiger partial charge in [0, 0.05) is 16.6 Å². The Hall–Kier alpha value is -2.55. The summed E-state index contributed by atoms with van der Waals surface area (Å²) in [5, 5.41) is 9.53. The molecule has 1 amide bonds. The number of hydrogen-bond acceptors (Lipinski definition) is 7. The van der Waals surface area contributed by atoms with E-state index in [4.69, 9.17) is 9.85 Å². The topological polar surface area (TPSA) is 128 Å². The summed E-state index contributed by atoms with van der Waals surface area (Å²) in [5.74, 6) is -1.17. The summed E-state index contributed by atoms with van der Waals surface area (Å²) >= 11 is 0. The van der Waals surface area contributed by atoms with Crippen LogP contribution in [0.3, 0.4) is 0 Å². The summed E-state index contributed by atoms with van der Waals surface area (Å²) in [6.07, 6.45) is 3.23. The molecule has 21 heavy (non-hydrogen) atoms. The second-order valence-electron chi connectivity index (χ2n) is 4.09. The number of pyridine rings is 1. The van der Waals surface area contributed by atoms with Gasteiger partial charge < -0.3 is 11.1 Å². The van der Waals surface area contributed by atoms with Crippen molar-refractivity contribution >= 4 is 27.2 Å². The minimum Gasteiger partial charge on any atom is -0.364 e. The standard InChI is InChI=1S/C12H13N5O3S/c1-7-6-15-17-10(11(13)18)9(7)16-12-8(21(2,19)20)4-3-5-14-12/h3-6H,1-2H3,(H2,13,18)(H,14,15,16)/i1D3. The van der Waals surface area contributed by atoms with Crippen LogP contribution >= 0.6 is 0 Å². The zero-order chi connectivity index (χ0) is 18.1. The van der Waals surface area contributed by atoms with E-state index in [2.05, 4.69) is 20.5 Å². The minimum absolute atomic E-state index is 0.152. The second kappa shape index (κ2) is 5.44. The Morgan fingerprint density at radius 2 is 2.24 bits per heavy atom. The Morgan fingerprint density at radius 1 is 1.48 bits per heavy atom. The molecule has 0 bridgehead atoms. The van der Waals surface area contributed by atoms with Crippen molar-refractivity contribution < 1.29 is 17.3 Å². The van der Waals surface area contributed by atoms with Crippen molar-refractivity contribution in [2.45, 2.75) is 11.7 Å². The number of amides is 1. The van der Waals surface area contributed by atoms with Gasteiger partial charge in [-0.25, -0.2) is 13.4 Å². The number of nitrogens with zero attached hydrogens (tertiary/aromatic N) is 3. The van der Waals surface area contributed by atoms with Gasteiger partial charge in [0.15, 0.2) is 15.5 Å². The quantitative estimate of drug-likeness (QED) is 0.837. The molecule has 2 aromatic rings. The third kappa shape index (κ3) is 3.14. The fraction of sp³-hybridized carbons (Fsp3) is 0.167. The molecule has 0 atom stereocenters. The molecule has 0 unspecified atom stereocenters. The Bertz CT molecular complexity index is 899. The van der Waals surface area contributed by atoms with Crippen molar-refractivity contribution in [3.63, 3.8) is 0 Å². The number of hydrogen-bond donors (Lipinski definition) is 2. The summed E-state index contributed by atoms with van der Waals surface area (Å²) in [6, 6.07) is 2.70. The van der Waals surface area contributed by atoms with Crippen LogP contribution in [0.4, 0.5) is 11.5 Å². The number of primary amides is 1. The van der Waals surface area contributed by atoms with Gasteiger partial charge in [0.1, 0.15) is 10.7 Å². The number of aryl methyl sites for hydroxylation is 1. The molecule has 0 saturated heterocycles. The van der Waals surface area contributed by atoms with E-state index in [-0.39, 0.29) is 22.0 Å². The van der Waals surface area contributed by atoms with Crippen LogP contribution in [0.5, 0.6) is 0 Å². The van der Waals surface area contributed by atoms with Crippen molar-refractivity contribution in [1.29, 1.82) is 0 Å². The average Bonchev–Trinajstić information content (AvgIpc) is 2.45. The van der Waals surface area contributed by atoms with Gasteiger partial charge in [-0.1, -0.05) is 0 Å². The number of carbonyl (C=O) groups is 1. The van der Waals surface area contributed by atoms with Crippen molar-refractivity contribution in [3.8, 4) is 0 Å². The van der Waals surface area contributed by atoms with Gasteiger partial charge in [-0.05, 0) is 24.5 Å². The van der Waals surface area contributed by atoms with E-state index in [1.807, 2.05) is 0 Å². The smallest absolute Gasteiger partial charge is 0.271 e. The molecule has 0 spiro atoms. The molecule has 0 saturated carbocycles. The lowest BCUT2D eigenvalue weighted by molar-refractivity contribution is 0.0995. The Kier molecular flexibility index (Phi) is 2.89. The van der Waals surface area contributed by atoms with E-state index in [0.717, 1.165) is 12.5 Å². The zero-order valence-corrected chi connectivity index (χ0v) is 11.7. The molecule has 0 aliphatic rings. The summed E-state index contributed by atoms with van der Waals surface area (Å²) < 4.78 is 46.3. The number of nitrogens with two attached hydrogens (primary N) is 1. The monoisotopic (exact) mass is 310 g/mol. The summed E-state index contributed by atoms with van der Waals surface area (Å²) in [6.45, 7) is -2.64. The highest BCUT2D eigenvalue weighted by atomic mass is 32.2. The fourth-order valence-corrected chi connectivity index (χ4v) is 2.37. The molecule has 8 nitrogen and oxygen atoms in total. The SMILES string of the molecule is [2H]C([2H])([2H])c1cnnc(C(N)=O)c1Nc1ncccc1S(C)(=O)=O. The molecule has 0 aromatic carbocycles. The van der Waals surface area contributed by atoms with Gasteiger partial charge in [0.25, 0.3) is 5.91 Å². The first kappa shape index (κ1) is 11.1. The summed E-state index contributed by atoms with van der Waals surface area (Å²) in [4.78, 5) is 15.2. The normalized spacial score (nSPS) is 13.9. The third-order valence-electron chi connectivity index (χ3n) is 2.50. The Balaban J connectivity index is 2.69. The minimum atomic E-state index is -3.65. The van der Waals surface area contributed by atoms with Gasteiger partial charge in [-0.15, -0.1) is 5.10 Å². The Labute approximate surface area is 125 Å². The van der Waals surface area contributed by atoms with Crippen molar-refractivity contribution in [3.05, 3.63) is 35.8 Å². The molecule has 3 N–H and O–H groups in total. The molecule has 0 fully saturated rings. The molecule has 110 valence electrons. The second-order valence-corrected chi connectivity index (χ2v) is 6.08. The van der Waals surface area contributed by atoms with Crippen molar-refractivity contribution in [2.75, 3.05) is 11.6 Å². The maximum Gasteiger partial charge on any atom is 0.271 e. The van der Waals surface area contributed by atoms with Gasteiger partial charge in [-0.2, -0.15) is 5.10 Å². The van der Waals surface area contributed by atoms with Crippen LogP contribution < -0.4 is 11.1 Å². The van der Waals surface area contributed by atoms with Crippen LogP contribution in [0.1, 0.15) is 20.2 Å². The molecule has 0 aliphatic heterocycles. The molecular weight excluding hydrogens is 294 g/mol. The first-order chi connectivity index (χ1) is 11.0. The number of rotatable bonds is 4. The molecule has 2 heterocycles. The van der Waals surface area contributed by atoms with E-state index in [1.165, 1.54) is 18.3 Å². The predicted octanol–water partition coefficient (Wildman–Crippen LogP) is 0.426. The van der Waals surface area contributed by atoms with E-state index in [0.29, 0.717) is 0 Å². The van der Waals surface area contributed by atoms with Crippen LogP contribution in [-0.2, 0) is 9.84 Å². The zero-order valence-electron chi connectivity index (χ0n) is 13.9. The van der Waals surface area contributed by atoms with E-state index in [1.54, 1.807) is 0 Å². The number of anilines is 2. The van der Waals surface area contributed by atoms with Crippen LogP contribution in [0, 0.1) is 6.85 Å². The highest BCUT2D eigenvalue weighted by Crippen LogP contribution is 2.25. The first-order valence-electron chi connectivity index (χ1n) is 7.10. The van der Waals surface area contributed by atoms with Crippen LogP contribution in [0.15, 0.2) is 29.4 Å². The van der Waals surface area contributed by atoms with Crippen LogP contribution in [0.25, 0.3) is 0 Å². The maximum absolute atomic E-state index is 11.8. The lowest BCUT2D eigenvalue weighted by Gasteiger charge is -2.13. The highest BCUT2D eigenvalue weighted by molar-refractivity contribution is 7.90. The molecule has 2 rings (SSSR count). The number of sulfone groups is 1. The molecular formula is C12H13N5O3S. The fourth-order valence-electron chi connectivity index (χ4n) is 1.59. The highest BCUT2D eigenvalue weighted by Gasteiger charge is 2.18. The van der Waals surface area contributed by atoms with E-state index >= 15 is 0 Å². The van der Waals surface area contributed by atoms with Gasteiger partial charge in [0.05, 0.1) is 11.9 Å². The largest absolute Gasteiger partial charge is 0.364 e. The van der Waals surface area contributed by atoms with Crippen molar-refractivity contribution in [2.24, 2.45) is 5.73 Å². The van der Waals surface area contributed by atoms with Crippen LogP contribution in [-0.4, -0.2) is 35.8 Å². The first-order valence-corrected chi connectivity index (χ1v) is 7.49. The number of nitrogens with one attached hydrogen (secondary N) is 1. The third-order valence-corrected chi connectivity index (χ3v) is 3.63. The maximum atomic E-state index is 11.8. The average molecular weight is 310 g/mol. The van der Waals surface area contributed by atoms with Gasteiger partial charge in [0.2, 0.25) is 0 Å². The van der Waals surface area contributed by atoms with Gasteiger partial charge in [-0.3, -0.25) is 4.79 Å². The summed E-state index contributed by atoms with van der Waals surface area (Å²) in [5.41, 5.74) is 4.16.